The summed E-state index contributed by atoms with van der Waals surface area (Å²) in [6, 6.07) is 6.98. The summed E-state index contributed by atoms with van der Waals surface area (Å²) in [6.07, 6.45) is 4.44. The standard InChI is InChI=1S/C16H22N2OS/c1-4-7-17-15(11-20-16-18-8-9-19-16)14-6-5-12(2)10-13(14)3/h5-6,8-10,15,17H,4,7,11H2,1-3H3. The summed E-state index contributed by atoms with van der Waals surface area (Å²) in [6.45, 7) is 7.52. The Labute approximate surface area is 125 Å². The Hall–Kier alpha value is -1.26. The Balaban J connectivity index is 2.09. The average molecular weight is 290 g/mol. The number of oxazole rings is 1. The van der Waals surface area contributed by atoms with Crippen LogP contribution in [-0.2, 0) is 0 Å². The molecule has 0 bridgehead atoms. The third-order valence-corrected chi connectivity index (χ3v) is 4.17. The van der Waals surface area contributed by atoms with E-state index >= 15 is 0 Å². The van der Waals surface area contributed by atoms with E-state index in [0.29, 0.717) is 6.04 Å². The van der Waals surface area contributed by atoms with Crippen LogP contribution < -0.4 is 5.32 Å². The maximum atomic E-state index is 5.30. The molecule has 0 radical (unpaired) electrons. The molecule has 108 valence electrons. The normalized spacial score (nSPS) is 12.6. The Bertz CT molecular complexity index is 525. The molecule has 2 rings (SSSR count). The number of aryl methyl sites for hydroxylation is 2. The molecule has 1 unspecified atom stereocenters. The van der Waals surface area contributed by atoms with Crippen molar-refractivity contribution >= 4 is 11.8 Å². The van der Waals surface area contributed by atoms with Gasteiger partial charge in [0.1, 0.15) is 6.26 Å². The first-order valence-corrected chi connectivity index (χ1v) is 8.02. The lowest BCUT2D eigenvalue weighted by molar-refractivity contribution is 0.453. The van der Waals surface area contributed by atoms with E-state index in [1.165, 1.54) is 16.7 Å². The van der Waals surface area contributed by atoms with Crippen LogP contribution in [0, 0.1) is 13.8 Å². The van der Waals surface area contributed by atoms with E-state index in [2.05, 4.69) is 49.3 Å². The molecule has 0 aliphatic rings. The number of hydrogen-bond acceptors (Lipinski definition) is 4. The summed E-state index contributed by atoms with van der Waals surface area (Å²) in [5.74, 6) is 0.921. The molecule has 4 heteroatoms. The first-order valence-electron chi connectivity index (χ1n) is 7.03. The van der Waals surface area contributed by atoms with E-state index in [4.69, 9.17) is 4.42 Å². The molecule has 0 fully saturated rings. The second-order valence-corrected chi connectivity index (χ2v) is 5.95. The van der Waals surface area contributed by atoms with E-state index in [1.54, 1.807) is 24.2 Å². The highest BCUT2D eigenvalue weighted by atomic mass is 32.2. The number of benzene rings is 1. The number of aromatic nitrogens is 1. The second-order valence-electron chi connectivity index (χ2n) is 4.98. The van der Waals surface area contributed by atoms with Gasteiger partial charge in [0.15, 0.2) is 0 Å². The van der Waals surface area contributed by atoms with E-state index in [0.717, 1.165) is 23.9 Å². The molecule has 0 saturated heterocycles. The predicted molar refractivity (Wildman–Crippen MR) is 84.2 cm³/mol. The minimum absolute atomic E-state index is 0.326. The van der Waals surface area contributed by atoms with Gasteiger partial charge in [-0.05, 0) is 37.9 Å². The highest BCUT2D eigenvalue weighted by Crippen LogP contribution is 2.26. The molecule has 1 N–H and O–H groups in total. The Kier molecular flexibility index (Phi) is 5.68. The molecule has 1 heterocycles. The second kappa shape index (κ2) is 7.50. The SMILES string of the molecule is CCCNC(CSc1ncco1)c1ccc(C)cc1C. The minimum Gasteiger partial charge on any atom is -0.440 e. The van der Waals surface area contributed by atoms with Crippen molar-refractivity contribution in [2.75, 3.05) is 12.3 Å². The van der Waals surface area contributed by atoms with Gasteiger partial charge >= 0.3 is 0 Å². The number of hydrogen-bond donors (Lipinski definition) is 1. The fraction of sp³-hybridized carbons (Fsp3) is 0.438. The largest absolute Gasteiger partial charge is 0.440 e. The Morgan fingerprint density at radius 2 is 2.20 bits per heavy atom. The van der Waals surface area contributed by atoms with Crippen LogP contribution in [0.3, 0.4) is 0 Å². The molecule has 0 spiro atoms. The molecule has 1 aromatic carbocycles. The lowest BCUT2D eigenvalue weighted by atomic mass is 10.00. The van der Waals surface area contributed by atoms with Crippen LogP contribution in [0.5, 0.6) is 0 Å². The van der Waals surface area contributed by atoms with Crippen molar-refractivity contribution in [3.05, 3.63) is 47.3 Å². The molecule has 20 heavy (non-hydrogen) atoms. The van der Waals surface area contributed by atoms with Gasteiger partial charge in [-0.2, -0.15) is 0 Å². The maximum Gasteiger partial charge on any atom is 0.255 e. The molecular weight excluding hydrogens is 268 g/mol. The number of rotatable bonds is 7. The summed E-state index contributed by atoms with van der Waals surface area (Å²) < 4.78 is 5.30. The highest BCUT2D eigenvalue weighted by molar-refractivity contribution is 7.99. The fourth-order valence-corrected chi connectivity index (χ4v) is 3.10. The van der Waals surface area contributed by atoms with Crippen molar-refractivity contribution in [3.63, 3.8) is 0 Å². The van der Waals surface area contributed by atoms with Gasteiger partial charge in [0.05, 0.1) is 6.20 Å². The average Bonchev–Trinajstić information content (AvgIpc) is 2.93. The zero-order chi connectivity index (χ0) is 14.4. The maximum absolute atomic E-state index is 5.30. The van der Waals surface area contributed by atoms with Crippen LogP contribution in [0.1, 0.15) is 36.1 Å². The van der Waals surface area contributed by atoms with Crippen molar-refractivity contribution in [2.24, 2.45) is 0 Å². The molecular formula is C16H22N2OS. The van der Waals surface area contributed by atoms with E-state index in [9.17, 15) is 0 Å². The lowest BCUT2D eigenvalue weighted by Gasteiger charge is -2.20. The Morgan fingerprint density at radius 1 is 1.35 bits per heavy atom. The predicted octanol–water partition coefficient (Wildman–Crippen LogP) is 4.12. The van der Waals surface area contributed by atoms with Crippen LogP contribution in [0.2, 0.25) is 0 Å². The van der Waals surface area contributed by atoms with Crippen LogP contribution in [-0.4, -0.2) is 17.3 Å². The highest BCUT2D eigenvalue weighted by Gasteiger charge is 2.14. The zero-order valence-electron chi connectivity index (χ0n) is 12.3. The molecule has 1 aromatic heterocycles. The molecule has 0 saturated carbocycles. The first-order chi connectivity index (χ1) is 9.70. The van der Waals surface area contributed by atoms with Crippen LogP contribution in [0.15, 0.2) is 40.3 Å². The molecule has 0 aliphatic heterocycles. The van der Waals surface area contributed by atoms with Crippen molar-refractivity contribution < 1.29 is 4.42 Å². The molecule has 1 atom stereocenters. The quantitative estimate of drug-likeness (QED) is 0.778. The van der Waals surface area contributed by atoms with Crippen molar-refractivity contribution in [2.45, 2.75) is 38.5 Å². The van der Waals surface area contributed by atoms with Gasteiger partial charge in [0, 0.05) is 11.8 Å². The van der Waals surface area contributed by atoms with Gasteiger partial charge in [-0.1, -0.05) is 42.4 Å². The number of nitrogens with zero attached hydrogens (tertiary/aromatic N) is 1. The molecule has 3 nitrogen and oxygen atoms in total. The Morgan fingerprint density at radius 3 is 2.85 bits per heavy atom. The summed E-state index contributed by atoms with van der Waals surface area (Å²) in [5, 5.41) is 4.35. The van der Waals surface area contributed by atoms with E-state index in [-0.39, 0.29) is 0 Å². The van der Waals surface area contributed by atoms with Crippen LogP contribution in [0.4, 0.5) is 0 Å². The van der Waals surface area contributed by atoms with Gasteiger partial charge in [-0.3, -0.25) is 0 Å². The number of nitrogens with one attached hydrogen (secondary N) is 1. The summed E-state index contributed by atoms with van der Waals surface area (Å²) in [7, 11) is 0. The van der Waals surface area contributed by atoms with Crippen molar-refractivity contribution in [1.82, 2.24) is 10.3 Å². The third kappa shape index (κ3) is 4.12. The monoisotopic (exact) mass is 290 g/mol. The van der Waals surface area contributed by atoms with E-state index < -0.39 is 0 Å². The van der Waals surface area contributed by atoms with Crippen molar-refractivity contribution in [3.8, 4) is 0 Å². The van der Waals surface area contributed by atoms with Crippen LogP contribution in [0.25, 0.3) is 0 Å². The third-order valence-electron chi connectivity index (χ3n) is 3.22. The van der Waals surface area contributed by atoms with Gasteiger partial charge < -0.3 is 9.73 Å². The zero-order valence-corrected chi connectivity index (χ0v) is 13.2. The summed E-state index contributed by atoms with van der Waals surface area (Å²) in [5.41, 5.74) is 4.01. The smallest absolute Gasteiger partial charge is 0.255 e. The summed E-state index contributed by atoms with van der Waals surface area (Å²) in [4.78, 5) is 4.17. The topological polar surface area (TPSA) is 38.1 Å². The molecule has 2 aromatic rings. The van der Waals surface area contributed by atoms with Gasteiger partial charge in [0.25, 0.3) is 5.22 Å². The van der Waals surface area contributed by atoms with Crippen LogP contribution >= 0.6 is 11.8 Å². The minimum atomic E-state index is 0.326. The summed E-state index contributed by atoms with van der Waals surface area (Å²) >= 11 is 1.65. The molecule has 0 aliphatic carbocycles. The lowest BCUT2D eigenvalue weighted by Crippen LogP contribution is -2.24. The number of thioether (sulfide) groups is 1. The van der Waals surface area contributed by atoms with Crippen molar-refractivity contribution in [1.29, 1.82) is 0 Å². The van der Waals surface area contributed by atoms with Gasteiger partial charge in [-0.15, -0.1) is 0 Å². The van der Waals surface area contributed by atoms with E-state index in [1.807, 2.05) is 0 Å². The van der Waals surface area contributed by atoms with Gasteiger partial charge in [0.2, 0.25) is 0 Å². The fourth-order valence-electron chi connectivity index (χ4n) is 2.23. The first kappa shape index (κ1) is 15.1. The molecule has 0 amide bonds. The van der Waals surface area contributed by atoms with Gasteiger partial charge in [-0.25, -0.2) is 4.98 Å².